The van der Waals surface area contributed by atoms with Gasteiger partial charge in [-0.1, -0.05) is 42.5 Å². The monoisotopic (exact) mass is 253 g/mol. The Kier molecular flexibility index (Phi) is 3.25. The molecule has 4 nitrogen and oxygen atoms in total. The highest BCUT2D eigenvalue weighted by Crippen LogP contribution is 2.17. The maximum atomic E-state index is 5.54. The quantitative estimate of drug-likeness (QED) is 0.775. The lowest BCUT2D eigenvalue weighted by Gasteiger charge is -2.01. The second kappa shape index (κ2) is 5.20. The number of benzene rings is 2. The van der Waals surface area contributed by atoms with Crippen molar-refractivity contribution >= 4 is 10.8 Å². The minimum absolute atomic E-state index is 0.525. The molecule has 0 aliphatic carbocycles. The van der Waals surface area contributed by atoms with E-state index in [4.69, 9.17) is 10.2 Å². The summed E-state index contributed by atoms with van der Waals surface area (Å²) in [7, 11) is 0. The van der Waals surface area contributed by atoms with Crippen LogP contribution in [0.25, 0.3) is 10.8 Å². The first-order valence-electron chi connectivity index (χ1n) is 6.34. The summed E-state index contributed by atoms with van der Waals surface area (Å²) in [6.07, 6.45) is 1.28. The van der Waals surface area contributed by atoms with Gasteiger partial charge in [0.25, 0.3) is 0 Å². The van der Waals surface area contributed by atoms with Crippen molar-refractivity contribution in [2.45, 2.75) is 12.8 Å². The van der Waals surface area contributed by atoms with Crippen molar-refractivity contribution in [1.29, 1.82) is 0 Å². The van der Waals surface area contributed by atoms with E-state index in [1.54, 1.807) is 0 Å². The number of hydrogen-bond donors (Lipinski definition) is 1. The Morgan fingerprint density at radius 1 is 0.947 bits per heavy atom. The largest absolute Gasteiger partial charge is 0.425 e. The van der Waals surface area contributed by atoms with Crippen molar-refractivity contribution in [3.05, 3.63) is 59.8 Å². The highest BCUT2D eigenvalue weighted by molar-refractivity contribution is 5.83. The molecule has 0 fully saturated rings. The van der Waals surface area contributed by atoms with Gasteiger partial charge in [-0.15, -0.1) is 10.2 Å². The van der Waals surface area contributed by atoms with Crippen LogP contribution in [-0.4, -0.2) is 16.7 Å². The first-order chi connectivity index (χ1) is 9.35. The molecule has 1 aromatic heterocycles. The Bertz CT molecular complexity index is 690. The van der Waals surface area contributed by atoms with Crippen LogP contribution in [-0.2, 0) is 12.8 Å². The van der Waals surface area contributed by atoms with Gasteiger partial charge in [0.05, 0.1) is 6.42 Å². The molecule has 19 heavy (non-hydrogen) atoms. The van der Waals surface area contributed by atoms with E-state index in [1.165, 1.54) is 16.3 Å². The zero-order valence-corrected chi connectivity index (χ0v) is 10.5. The number of hydrogen-bond acceptors (Lipinski definition) is 4. The Morgan fingerprint density at radius 3 is 2.58 bits per heavy atom. The predicted octanol–water partition coefficient (Wildman–Crippen LogP) is 2.31. The molecule has 2 aromatic carbocycles. The van der Waals surface area contributed by atoms with E-state index in [9.17, 15) is 0 Å². The van der Waals surface area contributed by atoms with Crippen LogP contribution in [0.1, 0.15) is 17.3 Å². The van der Waals surface area contributed by atoms with Crippen molar-refractivity contribution in [1.82, 2.24) is 10.2 Å². The Hall–Kier alpha value is -2.20. The van der Waals surface area contributed by atoms with Crippen LogP contribution in [0.15, 0.2) is 46.9 Å². The average molecular weight is 253 g/mol. The molecular weight excluding hydrogens is 238 g/mol. The minimum atomic E-state index is 0.525. The molecule has 1 heterocycles. The Balaban J connectivity index is 1.83. The van der Waals surface area contributed by atoms with Crippen LogP contribution >= 0.6 is 0 Å². The zero-order chi connectivity index (χ0) is 13.1. The number of nitrogens with zero attached hydrogens (tertiary/aromatic N) is 2. The fourth-order valence-corrected chi connectivity index (χ4v) is 2.11. The highest BCUT2D eigenvalue weighted by atomic mass is 16.4. The minimum Gasteiger partial charge on any atom is -0.425 e. The van der Waals surface area contributed by atoms with Crippen LogP contribution in [0.5, 0.6) is 0 Å². The third-order valence-electron chi connectivity index (χ3n) is 3.04. The Morgan fingerprint density at radius 2 is 1.74 bits per heavy atom. The van der Waals surface area contributed by atoms with Crippen LogP contribution in [0.2, 0.25) is 0 Å². The Labute approximate surface area is 111 Å². The molecule has 3 aromatic rings. The van der Waals surface area contributed by atoms with Crippen molar-refractivity contribution < 1.29 is 4.42 Å². The molecule has 0 radical (unpaired) electrons. The van der Waals surface area contributed by atoms with Crippen LogP contribution < -0.4 is 5.73 Å². The van der Waals surface area contributed by atoms with Gasteiger partial charge in [0.2, 0.25) is 11.8 Å². The molecule has 0 aliphatic rings. The summed E-state index contributed by atoms with van der Waals surface area (Å²) in [5.74, 6) is 1.25. The van der Waals surface area contributed by atoms with Gasteiger partial charge in [0.1, 0.15) is 0 Å². The van der Waals surface area contributed by atoms with Gasteiger partial charge in [-0.05, 0) is 16.3 Å². The molecule has 0 saturated carbocycles. The smallest absolute Gasteiger partial charge is 0.220 e. The normalized spacial score (nSPS) is 11.0. The van der Waals surface area contributed by atoms with Gasteiger partial charge in [0.15, 0.2) is 0 Å². The maximum Gasteiger partial charge on any atom is 0.220 e. The third-order valence-corrected chi connectivity index (χ3v) is 3.04. The van der Waals surface area contributed by atoms with Crippen molar-refractivity contribution in [2.24, 2.45) is 5.73 Å². The van der Waals surface area contributed by atoms with Gasteiger partial charge < -0.3 is 10.2 Å². The number of aromatic nitrogens is 2. The standard InChI is InChI=1S/C15H15N3O/c16-8-7-14-17-18-15(19-14)10-11-5-6-12-3-1-2-4-13(12)9-11/h1-6,9H,7-8,10,16H2. The van der Waals surface area contributed by atoms with Crippen molar-refractivity contribution in [2.75, 3.05) is 6.54 Å². The van der Waals surface area contributed by atoms with Crippen LogP contribution in [0, 0.1) is 0 Å². The van der Waals surface area contributed by atoms with Crippen LogP contribution in [0.3, 0.4) is 0 Å². The van der Waals surface area contributed by atoms with E-state index in [2.05, 4.69) is 40.5 Å². The van der Waals surface area contributed by atoms with E-state index in [-0.39, 0.29) is 0 Å². The summed E-state index contributed by atoms with van der Waals surface area (Å²) in [4.78, 5) is 0. The summed E-state index contributed by atoms with van der Waals surface area (Å²) in [6, 6.07) is 14.6. The summed E-state index contributed by atoms with van der Waals surface area (Å²) < 4.78 is 5.54. The molecule has 0 bridgehead atoms. The molecule has 0 spiro atoms. The second-order valence-electron chi connectivity index (χ2n) is 4.49. The molecule has 0 saturated heterocycles. The first kappa shape index (κ1) is 11.9. The van der Waals surface area contributed by atoms with Crippen molar-refractivity contribution in [3.63, 3.8) is 0 Å². The molecule has 96 valence electrons. The van der Waals surface area contributed by atoms with E-state index >= 15 is 0 Å². The van der Waals surface area contributed by atoms with E-state index in [0.717, 1.165) is 0 Å². The number of fused-ring (bicyclic) bond motifs is 1. The van der Waals surface area contributed by atoms with Crippen LogP contribution in [0.4, 0.5) is 0 Å². The molecule has 3 rings (SSSR count). The van der Waals surface area contributed by atoms with E-state index in [0.29, 0.717) is 31.2 Å². The lowest BCUT2D eigenvalue weighted by molar-refractivity contribution is 0.458. The summed E-state index contributed by atoms with van der Waals surface area (Å²) in [5.41, 5.74) is 6.63. The van der Waals surface area contributed by atoms with Gasteiger partial charge in [0, 0.05) is 13.0 Å². The predicted molar refractivity (Wildman–Crippen MR) is 73.8 cm³/mol. The second-order valence-corrected chi connectivity index (χ2v) is 4.49. The molecule has 0 unspecified atom stereocenters. The maximum absolute atomic E-state index is 5.54. The SMILES string of the molecule is NCCc1nnc(Cc2ccc3ccccc3c2)o1. The molecular formula is C15H15N3O. The van der Waals surface area contributed by atoms with E-state index in [1.807, 2.05) is 12.1 Å². The van der Waals surface area contributed by atoms with Gasteiger partial charge in [-0.25, -0.2) is 0 Å². The van der Waals surface area contributed by atoms with Gasteiger partial charge in [-0.2, -0.15) is 0 Å². The molecule has 2 N–H and O–H groups in total. The molecule has 0 atom stereocenters. The summed E-state index contributed by atoms with van der Waals surface area (Å²) in [6.45, 7) is 0.525. The molecule has 0 aliphatic heterocycles. The molecule has 4 heteroatoms. The zero-order valence-electron chi connectivity index (χ0n) is 10.5. The first-order valence-corrected chi connectivity index (χ1v) is 6.34. The summed E-state index contributed by atoms with van der Waals surface area (Å²) in [5, 5.41) is 10.5. The van der Waals surface area contributed by atoms with Crippen molar-refractivity contribution in [3.8, 4) is 0 Å². The number of rotatable bonds is 4. The average Bonchev–Trinajstić information content (AvgIpc) is 2.86. The highest BCUT2D eigenvalue weighted by Gasteiger charge is 2.06. The fraction of sp³-hybridized carbons (Fsp3) is 0.200. The number of nitrogens with two attached hydrogens (primary N) is 1. The van der Waals surface area contributed by atoms with E-state index < -0.39 is 0 Å². The summed E-state index contributed by atoms with van der Waals surface area (Å²) >= 11 is 0. The van der Waals surface area contributed by atoms with Gasteiger partial charge >= 0.3 is 0 Å². The lowest BCUT2D eigenvalue weighted by Crippen LogP contribution is -2.02. The lowest BCUT2D eigenvalue weighted by atomic mass is 10.1. The molecule has 0 amide bonds. The fourth-order valence-electron chi connectivity index (χ4n) is 2.11. The van der Waals surface area contributed by atoms with Gasteiger partial charge in [-0.3, -0.25) is 0 Å². The topological polar surface area (TPSA) is 64.9 Å². The third kappa shape index (κ3) is 2.63.